The van der Waals surface area contributed by atoms with Crippen molar-refractivity contribution in [2.45, 2.75) is 37.1 Å². The summed E-state index contributed by atoms with van der Waals surface area (Å²) in [7, 11) is 0. The fourth-order valence-electron chi connectivity index (χ4n) is 2.47. The quantitative estimate of drug-likeness (QED) is 0.818. The van der Waals surface area contributed by atoms with E-state index in [-0.39, 0.29) is 17.9 Å². The lowest BCUT2D eigenvalue weighted by atomic mass is 10.1. The van der Waals surface area contributed by atoms with Crippen LogP contribution in [-0.2, 0) is 9.59 Å². The van der Waals surface area contributed by atoms with Crippen LogP contribution in [-0.4, -0.2) is 28.8 Å². The van der Waals surface area contributed by atoms with Crippen LogP contribution < -0.4 is 5.32 Å². The van der Waals surface area contributed by atoms with Crippen LogP contribution >= 0.6 is 11.8 Å². The van der Waals surface area contributed by atoms with Crippen LogP contribution in [0.25, 0.3) is 0 Å². The summed E-state index contributed by atoms with van der Waals surface area (Å²) in [5, 5.41) is 11.9. The van der Waals surface area contributed by atoms with Gasteiger partial charge in [-0.1, -0.05) is 18.2 Å². The molecule has 1 aliphatic rings. The van der Waals surface area contributed by atoms with Crippen molar-refractivity contribution in [3.63, 3.8) is 0 Å². The number of aliphatic carboxylic acids is 1. The summed E-state index contributed by atoms with van der Waals surface area (Å²) in [6, 6.07) is 7.98. The van der Waals surface area contributed by atoms with Crippen LogP contribution in [0.2, 0.25) is 0 Å². The van der Waals surface area contributed by atoms with E-state index < -0.39 is 5.97 Å². The number of carbonyl (C=O) groups is 2. The fraction of sp³-hybridized carbons (Fsp3) is 0.467. The van der Waals surface area contributed by atoms with Gasteiger partial charge in [-0.05, 0) is 37.8 Å². The second kappa shape index (κ2) is 6.79. The summed E-state index contributed by atoms with van der Waals surface area (Å²) in [6.07, 6.45) is 1.97. The van der Waals surface area contributed by atoms with E-state index in [0.717, 1.165) is 16.9 Å². The van der Waals surface area contributed by atoms with Crippen molar-refractivity contribution in [1.82, 2.24) is 5.32 Å². The van der Waals surface area contributed by atoms with E-state index in [1.807, 2.05) is 31.2 Å². The molecular formula is C15H19NO3S. The predicted octanol–water partition coefficient (Wildman–Crippen LogP) is 2.46. The van der Waals surface area contributed by atoms with Gasteiger partial charge in [-0.15, -0.1) is 11.8 Å². The molecule has 20 heavy (non-hydrogen) atoms. The first kappa shape index (κ1) is 14.9. The molecule has 1 saturated carbocycles. The van der Waals surface area contributed by atoms with Gasteiger partial charge in [0.15, 0.2) is 0 Å². The first-order valence-corrected chi connectivity index (χ1v) is 7.75. The Kier molecular flexibility index (Phi) is 5.06. The van der Waals surface area contributed by atoms with Gasteiger partial charge >= 0.3 is 5.97 Å². The number of rotatable bonds is 5. The van der Waals surface area contributed by atoms with Crippen molar-refractivity contribution in [3.8, 4) is 0 Å². The van der Waals surface area contributed by atoms with Gasteiger partial charge in [0.25, 0.3) is 0 Å². The summed E-state index contributed by atoms with van der Waals surface area (Å²) in [5.41, 5.74) is 1.16. The normalized spacial score (nSPS) is 21.6. The van der Waals surface area contributed by atoms with Crippen molar-refractivity contribution in [2.75, 3.05) is 5.75 Å². The molecule has 2 unspecified atom stereocenters. The third-order valence-corrected chi connectivity index (χ3v) is 4.77. The lowest BCUT2D eigenvalue weighted by molar-refractivity contribution is -0.141. The Morgan fingerprint density at radius 2 is 2.10 bits per heavy atom. The molecule has 1 amide bonds. The molecule has 1 aliphatic carbocycles. The molecular weight excluding hydrogens is 274 g/mol. The smallest absolute Gasteiger partial charge is 0.306 e. The van der Waals surface area contributed by atoms with Gasteiger partial charge in [-0.25, -0.2) is 0 Å². The Morgan fingerprint density at radius 1 is 1.35 bits per heavy atom. The monoisotopic (exact) mass is 293 g/mol. The van der Waals surface area contributed by atoms with Crippen LogP contribution in [0.4, 0.5) is 0 Å². The predicted molar refractivity (Wildman–Crippen MR) is 78.8 cm³/mol. The Bertz CT molecular complexity index is 504. The Morgan fingerprint density at radius 3 is 2.75 bits per heavy atom. The number of carboxylic acid groups (broad SMARTS) is 1. The standard InChI is InChI=1S/C15H19NO3S/c1-10-4-2-3-5-13(10)20-9-14(17)16-12-7-6-11(8-12)15(18)19/h2-5,11-12H,6-9H2,1H3,(H,16,17)(H,18,19). The molecule has 0 aromatic heterocycles. The Hall–Kier alpha value is -1.49. The summed E-state index contributed by atoms with van der Waals surface area (Å²) >= 11 is 1.52. The molecule has 108 valence electrons. The molecule has 2 rings (SSSR count). The lowest BCUT2D eigenvalue weighted by Gasteiger charge is -2.12. The highest BCUT2D eigenvalue weighted by atomic mass is 32.2. The number of amides is 1. The maximum Gasteiger partial charge on any atom is 0.306 e. The van der Waals surface area contributed by atoms with Crippen LogP contribution in [0.1, 0.15) is 24.8 Å². The van der Waals surface area contributed by atoms with Crippen molar-refractivity contribution >= 4 is 23.6 Å². The molecule has 0 aliphatic heterocycles. The minimum Gasteiger partial charge on any atom is -0.481 e. The van der Waals surface area contributed by atoms with E-state index in [1.165, 1.54) is 11.8 Å². The molecule has 1 aromatic rings. The number of benzene rings is 1. The van der Waals surface area contributed by atoms with E-state index in [1.54, 1.807) is 0 Å². The molecule has 0 saturated heterocycles. The zero-order valence-electron chi connectivity index (χ0n) is 11.5. The first-order valence-electron chi connectivity index (χ1n) is 6.77. The van der Waals surface area contributed by atoms with Crippen LogP contribution in [0.15, 0.2) is 29.2 Å². The van der Waals surface area contributed by atoms with Gasteiger partial charge < -0.3 is 10.4 Å². The van der Waals surface area contributed by atoms with Crippen LogP contribution in [0.3, 0.4) is 0 Å². The first-order chi connectivity index (χ1) is 9.56. The second-order valence-electron chi connectivity index (χ2n) is 5.17. The van der Waals surface area contributed by atoms with Gasteiger partial charge in [-0.2, -0.15) is 0 Å². The summed E-state index contributed by atoms with van der Waals surface area (Å²) in [5.74, 6) is -0.700. The minimum atomic E-state index is -0.754. The zero-order valence-corrected chi connectivity index (χ0v) is 12.3. The summed E-state index contributed by atoms with van der Waals surface area (Å²) in [6.45, 7) is 2.02. The molecule has 0 radical (unpaired) electrons. The van der Waals surface area contributed by atoms with Gasteiger partial charge in [0.05, 0.1) is 11.7 Å². The summed E-state index contributed by atoms with van der Waals surface area (Å²) in [4.78, 5) is 23.9. The number of thioether (sulfide) groups is 1. The molecule has 0 bridgehead atoms. The zero-order chi connectivity index (χ0) is 14.5. The van der Waals surface area contributed by atoms with Crippen LogP contribution in [0.5, 0.6) is 0 Å². The molecule has 0 spiro atoms. The summed E-state index contributed by atoms with van der Waals surface area (Å²) < 4.78 is 0. The van der Waals surface area contributed by atoms with Crippen molar-refractivity contribution in [2.24, 2.45) is 5.92 Å². The number of carbonyl (C=O) groups excluding carboxylic acids is 1. The average molecular weight is 293 g/mol. The molecule has 1 aromatic carbocycles. The largest absolute Gasteiger partial charge is 0.481 e. The van der Waals surface area contributed by atoms with E-state index in [9.17, 15) is 9.59 Å². The highest BCUT2D eigenvalue weighted by Gasteiger charge is 2.30. The lowest BCUT2D eigenvalue weighted by Crippen LogP contribution is -2.34. The van der Waals surface area contributed by atoms with Crippen molar-refractivity contribution in [3.05, 3.63) is 29.8 Å². The highest BCUT2D eigenvalue weighted by Crippen LogP contribution is 2.26. The molecule has 2 N–H and O–H groups in total. The van der Waals surface area contributed by atoms with Gasteiger partial charge in [0.1, 0.15) is 0 Å². The topological polar surface area (TPSA) is 66.4 Å². The SMILES string of the molecule is Cc1ccccc1SCC(=O)NC1CCC(C(=O)O)C1. The van der Waals surface area contributed by atoms with E-state index >= 15 is 0 Å². The molecule has 4 nitrogen and oxygen atoms in total. The maximum atomic E-state index is 11.9. The van der Waals surface area contributed by atoms with Gasteiger partial charge in [-0.3, -0.25) is 9.59 Å². The van der Waals surface area contributed by atoms with E-state index in [2.05, 4.69) is 5.32 Å². The van der Waals surface area contributed by atoms with Gasteiger partial charge in [0.2, 0.25) is 5.91 Å². The number of nitrogens with one attached hydrogen (secondary N) is 1. The Balaban J connectivity index is 1.77. The average Bonchev–Trinajstić information content (AvgIpc) is 2.86. The molecule has 0 heterocycles. The number of carboxylic acids is 1. The fourth-order valence-corrected chi connectivity index (χ4v) is 3.31. The van der Waals surface area contributed by atoms with E-state index in [0.29, 0.717) is 18.6 Å². The van der Waals surface area contributed by atoms with E-state index in [4.69, 9.17) is 5.11 Å². The number of aryl methyl sites for hydroxylation is 1. The van der Waals surface area contributed by atoms with Crippen molar-refractivity contribution in [1.29, 1.82) is 0 Å². The van der Waals surface area contributed by atoms with Crippen LogP contribution in [0, 0.1) is 12.8 Å². The number of hydrogen-bond acceptors (Lipinski definition) is 3. The second-order valence-corrected chi connectivity index (χ2v) is 6.18. The maximum absolute atomic E-state index is 11.9. The molecule has 2 atom stereocenters. The van der Waals surface area contributed by atoms with Gasteiger partial charge in [0, 0.05) is 10.9 Å². The van der Waals surface area contributed by atoms with Crippen molar-refractivity contribution < 1.29 is 14.7 Å². The third-order valence-electron chi connectivity index (χ3n) is 3.60. The number of hydrogen-bond donors (Lipinski definition) is 2. The Labute approximate surface area is 123 Å². The molecule has 5 heteroatoms. The molecule has 1 fully saturated rings. The third kappa shape index (κ3) is 4.00. The minimum absolute atomic E-state index is 0.0149. The highest BCUT2D eigenvalue weighted by molar-refractivity contribution is 8.00.